The maximum Gasteiger partial charge on any atom is 0.573 e. The number of hydrogen-bond donors (Lipinski definition) is 2. The van der Waals surface area contributed by atoms with Crippen molar-refractivity contribution in [2.24, 2.45) is 0 Å². The van der Waals surface area contributed by atoms with Gasteiger partial charge < -0.3 is 15.4 Å². The summed E-state index contributed by atoms with van der Waals surface area (Å²) in [5.74, 6) is -0.927. The smallest absolute Gasteiger partial charge is 0.406 e. The zero-order valence-corrected chi connectivity index (χ0v) is 16.2. The third kappa shape index (κ3) is 3.02. The fraction of sp³-hybridized carbons (Fsp3) is 0.150. The lowest BCUT2D eigenvalue weighted by Gasteiger charge is -2.31. The van der Waals surface area contributed by atoms with E-state index in [0.717, 1.165) is 12.1 Å². The molecule has 0 bridgehead atoms. The number of benzene rings is 2. The number of rotatable bonds is 2. The number of carbonyl (C=O) groups excluding carboxylic acids is 2. The zero-order valence-electron chi connectivity index (χ0n) is 15.5. The summed E-state index contributed by atoms with van der Waals surface area (Å²) in [4.78, 5) is 25.7. The van der Waals surface area contributed by atoms with Crippen LogP contribution in [0.2, 0.25) is 5.02 Å². The van der Waals surface area contributed by atoms with E-state index in [1.54, 1.807) is 18.2 Å². The van der Waals surface area contributed by atoms with Gasteiger partial charge in [-0.15, -0.1) is 13.2 Å². The highest BCUT2D eigenvalue weighted by Crippen LogP contribution is 2.50. The van der Waals surface area contributed by atoms with Crippen molar-refractivity contribution in [2.45, 2.75) is 18.2 Å². The van der Waals surface area contributed by atoms with Gasteiger partial charge in [0.1, 0.15) is 17.0 Å². The van der Waals surface area contributed by atoms with Gasteiger partial charge in [-0.25, -0.2) is 4.68 Å². The van der Waals surface area contributed by atoms with Crippen molar-refractivity contribution >= 4 is 34.9 Å². The molecular weight excluding hydrogens is 437 g/mol. The molecule has 158 valence electrons. The molecule has 2 aliphatic rings. The summed E-state index contributed by atoms with van der Waals surface area (Å²) in [6, 6.07) is 9.93. The maximum atomic E-state index is 13.1. The van der Waals surface area contributed by atoms with Crippen molar-refractivity contribution in [1.29, 1.82) is 0 Å². The molecule has 0 fully saturated rings. The van der Waals surface area contributed by atoms with E-state index >= 15 is 0 Å². The van der Waals surface area contributed by atoms with Crippen LogP contribution in [0.25, 0.3) is 5.69 Å². The van der Waals surface area contributed by atoms with E-state index < -0.39 is 23.4 Å². The normalized spacial score (nSPS) is 19.6. The Kier molecular flexibility index (Phi) is 4.06. The predicted molar refractivity (Wildman–Crippen MR) is 104 cm³/mol. The number of fused-ring (bicyclic) bond motifs is 4. The minimum absolute atomic E-state index is 0.136. The highest BCUT2D eigenvalue weighted by Gasteiger charge is 2.54. The first-order chi connectivity index (χ1) is 14.7. The number of alkyl halides is 3. The van der Waals surface area contributed by atoms with Crippen LogP contribution < -0.4 is 15.4 Å². The summed E-state index contributed by atoms with van der Waals surface area (Å²) in [5, 5.41) is 10.2. The van der Waals surface area contributed by atoms with Crippen molar-refractivity contribution in [2.75, 3.05) is 10.6 Å². The number of aromatic nitrogens is 2. The molecule has 3 aromatic rings. The highest BCUT2D eigenvalue weighted by molar-refractivity contribution is 6.31. The van der Waals surface area contributed by atoms with E-state index in [4.69, 9.17) is 11.6 Å². The molecule has 2 amide bonds. The third-order valence-corrected chi connectivity index (χ3v) is 5.54. The minimum Gasteiger partial charge on any atom is -0.406 e. The third-order valence-electron chi connectivity index (χ3n) is 5.30. The number of hydrogen-bond acceptors (Lipinski definition) is 4. The summed E-state index contributed by atoms with van der Waals surface area (Å²) < 4.78 is 42.4. The molecule has 11 heteroatoms. The molecule has 0 saturated carbocycles. The molecule has 0 unspecified atom stereocenters. The molecular formula is C20H12ClF3N4O3. The number of anilines is 2. The van der Waals surface area contributed by atoms with Crippen molar-refractivity contribution in [3.8, 4) is 11.4 Å². The Morgan fingerprint density at radius 1 is 1.06 bits per heavy atom. The number of nitrogens with one attached hydrogen (secondary N) is 2. The highest BCUT2D eigenvalue weighted by atomic mass is 35.5. The SMILES string of the molecule is O=C1C[C@]2(C(=O)Nc3ccc(Cl)cc32)c2cnn(-c3ccc(OC(F)(F)F)cc3)c2N1. The van der Waals surface area contributed by atoms with Gasteiger partial charge in [0.05, 0.1) is 11.9 Å². The van der Waals surface area contributed by atoms with Crippen LogP contribution >= 0.6 is 11.6 Å². The van der Waals surface area contributed by atoms with Gasteiger partial charge in [0.25, 0.3) is 0 Å². The average molecular weight is 449 g/mol. The summed E-state index contributed by atoms with van der Waals surface area (Å²) in [6.07, 6.45) is -3.48. The fourth-order valence-electron chi connectivity index (χ4n) is 4.05. The van der Waals surface area contributed by atoms with Crippen LogP contribution in [0.1, 0.15) is 17.5 Å². The Morgan fingerprint density at radius 2 is 1.81 bits per heavy atom. The summed E-state index contributed by atoms with van der Waals surface area (Å²) in [6.45, 7) is 0. The molecule has 0 aliphatic carbocycles. The Labute approximate surface area is 177 Å². The number of halogens is 4. The molecule has 1 spiro atoms. The minimum atomic E-state index is -4.81. The molecule has 1 atom stereocenters. The zero-order chi connectivity index (χ0) is 22.0. The van der Waals surface area contributed by atoms with Crippen LogP contribution in [0.5, 0.6) is 5.75 Å². The first-order valence-corrected chi connectivity index (χ1v) is 9.41. The van der Waals surface area contributed by atoms with Crippen LogP contribution in [0.4, 0.5) is 24.7 Å². The van der Waals surface area contributed by atoms with Crippen LogP contribution in [0.15, 0.2) is 48.7 Å². The van der Waals surface area contributed by atoms with Gasteiger partial charge in [0, 0.05) is 22.7 Å². The number of ether oxygens (including phenoxy) is 1. The second-order valence-electron chi connectivity index (χ2n) is 7.13. The number of amides is 2. The van der Waals surface area contributed by atoms with Gasteiger partial charge in [-0.2, -0.15) is 5.10 Å². The first kappa shape index (κ1) is 19.4. The lowest BCUT2D eigenvalue weighted by Crippen LogP contribution is -2.43. The Morgan fingerprint density at radius 3 is 2.52 bits per heavy atom. The number of carbonyl (C=O) groups is 2. The van der Waals surface area contributed by atoms with Crippen molar-refractivity contribution in [3.05, 3.63) is 64.8 Å². The van der Waals surface area contributed by atoms with E-state index in [1.165, 1.54) is 23.0 Å². The number of nitrogens with zero attached hydrogens (tertiary/aromatic N) is 2. The Bertz CT molecular complexity index is 1240. The first-order valence-electron chi connectivity index (χ1n) is 9.03. The van der Waals surface area contributed by atoms with Gasteiger partial charge >= 0.3 is 6.36 Å². The van der Waals surface area contributed by atoms with Crippen molar-refractivity contribution < 1.29 is 27.5 Å². The standard InChI is InChI=1S/C20H12ClF3N4O3/c21-10-1-6-15-13(7-10)19(18(30)26-15)8-16(29)27-17-14(19)9-25-28(17)11-2-4-12(5-3-11)31-20(22,23)24/h1-7,9H,8H2,(H,26,30)(H,27,29)/t19-/m1/s1. The Balaban J connectivity index is 1.62. The second kappa shape index (κ2) is 6.48. The van der Waals surface area contributed by atoms with Gasteiger partial charge in [0.15, 0.2) is 0 Å². The molecule has 0 radical (unpaired) electrons. The van der Waals surface area contributed by atoms with Gasteiger partial charge in [-0.05, 0) is 48.0 Å². The van der Waals surface area contributed by atoms with Gasteiger partial charge in [-0.1, -0.05) is 11.6 Å². The van der Waals surface area contributed by atoms with E-state index in [9.17, 15) is 22.8 Å². The molecule has 5 rings (SSSR count). The molecule has 0 saturated heterocycles. The van der Waals surface area contributed by atoms with Crippen LogP contribution in [-0.2, 0) is 15.0 Å². The average Bonchev–Trinajstić information content (AvgIpc) is 3.22. The van der Waals surface area contributed by atoms with E-state index in [-0.39, 0.29) is 18.1 Å². The lowest BCUT2D eigenvalue weighted by atomic mass is 9.72. The van der Waals surface area contributed by atoms with Gasteiger partial charge in [-0.3, -0.25) is 9.59 Å². The molecule has 2 aromatic carbocycles. The van der Waals surface area contributed by atoms with Crippen molar-refractivity contribution in [1.82, 2.24) is 9.78 Å². The largest absolute Gasteiger partial charge is 0.573 e. The van der Waals surface area contributed by atoms with Crippen molar-refractivity contribution in [3.63, 3.8) is 0 Å². The van der Waals surface area contributed by atoms with Crippen LogP contribution in [-0.4, -0.2) is 28.0 Å². The summed E-state index contributed by atoms with van der Waals surface area (Å²) in [5.41, 5.74) is 0.639. The fourth-order valence-corrected chi connectivity index (χ4v) is 4.22. The summed E-state index contributed by atoms with van der Waals surface area (Å²) in [7, 11) is 0. The van der Waals surface area contributed by atoms with Gasteiger partial charge in [0.2, 0.25) is 11.8 Å². The lowest BCUT2D eigenvalue weighted by molar-refractivity contribution is -0.274. The molecule has 2 aliphatic heterocycles. The topological polar surface area (TPSA) is 85.2 Å². The quantitative estimate of drug-likeness (QED) is 0.620. The Hall–Kier alpha value is -3.53. The molecule has 3 heterocycles. The van der Waals surface area contributed by atoms with Crippen LogP contribution in [0.3, 0.4) is 0 Å². The van der Waals surface area contributed by atoms with E-state index in [2.05, 4.69) is 20.5 Å². The predicted octanol–water partition coefficient (Wildman–Crippen LogP) is 4.00. The molecule has 7 nitrogen and oxygen atoms in total. The monoisotopic (exact) mass is 448 g/mol. The molecule has 2 N–H and O–H groups in total. The second-order valence-corrected chi connectivity index (χ2v) is 7.57. The molecule has 1 aromatic heterocycles. The van der Waals surface area contributed by atoms with E-state index in [1.807, 2.05) is 0 Å². The maximum absolute atomic E-state index is 13.1. The van der Waals surface area contributed by atoms with E-state index in [0.29, 0.717) is 27.5 Å². The van der Waals surface area contributed by atoms with Crippen LogP contribution in [0, 0.1) is 0 Å². The summed E-state index contributed by atoms with van der Waals surface area (Å²) >= 11 is 6.15. The molecule has 31 heavy (non-hydrogen) atoms.